The second kappa shape index (κ2) is 6.43. The molecule has 0 atom stereocenters. The minimum absolute atomic E-state index is 0.0243. The smallest absolute Gasteiger partial charge is 0.319 e. The SMILES string of the molecule is CCS(=O)(=O)c1ccccc1N(C)Cc1nccn1C(F)F. The van der Waals surface area contributed by atoms with E-state index < -0.39 is 16.4 Å². The maximum Gasteiger partial charge on any atom is 0.319 e. The predicted octanol–water partition coefficient (Wildman–Crippen LogP) is 2.71. The zero-order valence-electron chi connectivity index (χ0n) is 12.3. The van der Waals surface area contributed by atoms with Crippen LogP contribution >= 0.6 is 0 Å². The molecule has 0 fully saturated rings. The number of rotatable bonds is 6. The number of benzene rings is 1. The number of nitrogens with zero attached hydrogens (tertiary/aromatic N) is 3. The fourth-order valence-electron chi connectivity index (χ4n) is 2.13. The van der Waals surface area contributed by atoms with Crippen LogP contribution in [-0.2, 0) is 16.4 Å². The molecule has 0 aliphatic heterocycles. The van der Waals surface area contributed by atoms with Gasteiger partial charge in [0.25, 0.3) is 0 Å². The van der Waals surface area contributed by atoms with Crippen LogP contribution in [0.4, 0.5) is 14.5 Å². The molecule has 0 aliphatic rings. The highest BCUT2D eigenvalue weighted by Gasteiger charge is 2.20. The Kier molecular flexibility index (Phi) is 4.80. The van der Waals surface area contributed by atoms with Crippen molar-refractivity contribution < 1.29 is 17.2 Å². The minimum atomic E-state index is -3.40. The van der Waals surface area contributed by atoms with Crippen LogP contribution in [-0.4, -0.2) is 30.8 Å². The fourth-order valence-corrected chi connectivity index (χ4v) is 3.27. The third-order valence-electron chi connectivity index (χ3n) is 3.33. The summed E-state index contributed by atoms with van der Waals surface area (Å²) in [5, 5.41) is 0. The molecule has 0 N–H and O–H groups in total. The maximum atomic E-state index is 12.8. The van der Waals surface area contributed by atoms with E-state index in [1.54, 1.807) is 37.1 Å². The van der Waals surface area contributed by atoms with Crippen LogP contribution in [0.15, 0.2) is 41.6 Å². The molecule has 2 rings (SSSR count). The maximum absolute atomic E-state index is 12.8. The van der Waals surface area contributed by atoms with Crippen molar-refractivity contribution in [3.63, 3.8) is 0 Å². The van der Waals surface area contributed by atoms with Gasteiger partial charge in [0.15, 0.2) is 9.84 Å². The Morgan fingerprint density at radius 3 is 2.64 bits per heavy atom. The molecule has 2 aromatic rings. The van der Waals surface area contributed by atoms with Gasteiger partial charge in [0, 0.05) is 19.4 Å². The van der Waals surface area contributed by atoms with Crippen LogP contribution in [0.25, 0.3) is 0 Å². The first-order valence-corrected chi connectivity index (χ1v) is 8.35. The summed E-state index contributed by atoms with van der Waals surface area (Å²) in [6.45, 7) is -1.04. The lowest BCUT2D eigenvalue weighted by Gasteiger charge is -2.22. The van der Waals surface area contributed by atoms with Gasteiger partial charge in [0.2, 0.25) is 0 Å². The van der Waals surface area contributed by atoms with Crippen molar-refractivity contribution in [2.75, 3.05) is 17.7 Å². The lowest BCUT2D eigenvalue weighted by Crippen LogP contribution is -2.22. The number of anilines is 1. The van der Waals surface area contributed by atoms with E-state index in [1.165, 1.54) is 18.5 Å². The van der Waals surface area contributed by atoms with Crippen LogP contribution in [0.5, 0.6) is 0 Å². The molecule has 0 saturated heterocycles. The Balaban J connectivity index is 2.35. The molecule has 0 aliphatic carbocycles. The first kappa shape index (κ1) is 16.4. The topological polar surface area (TPSA) is 55.2 Å². The van der Waals surface area contributed by atoms with Gasteiger partial charge < -0.3 is 4.90 Å². The molecule has 8 heteroatoms. The Bertz CT molecular complexity index is 744. The van der Waals surface area contributed by atoms with Gasteiger partial charge in [0.05, 0.1) is 22.9 Å². The van der Waals surface area contributed by atoms with Crippen LogP contribution in [0.2, 0.25) is 0 Å². The second-order valence-corrected chi connectivity index (χ2v) is 7.00. The molecule has 0 unspecified atom stereocenters. The molecular formula is C14H17F2N3O2S. The van der Waals surface area contributed by atoms with Gasteiger partial charge in [0.1, 0.15) is 5.82 Å². The molecule has 120 valence electrons. The van der Waals surface area contributed by atoms with Gasteiger partial charge >= 0.3 is 6.55 Å². The van der Waals surface area contributed by atoms with Gasteiger partial charge in [-0.05, 0) is 12.1 Å². The van der Waals surface area contributed by atoms with E-state index in [1.807, 2.05) is 0 Å². The number of sulfone groups is 1. The number of hydrogen-bond donors (Lipinski definition) is 0. The Hall–Kier alpha value is -1.96. The molecule has 5 nitrogen and oxygen atoms in total. The zero-order chi connectivity index (χ0) is 16.3. The molecule has 0 bridgehead atoms. The van der Waals surface area contributed by atoms with Gasteiger partial charge in [-0.3, -0.25) is 4.57 Å². The number of imidazole rings is 1. The molecule has 1 aromatic heterocycles. The molecular weight excluding hydrogens is 312 g/mol. The lowest BCUT2D eigenvalue weighted by atomic mass is 10.3. The van der Waals surface area contributed by atoms with E-state index in [-0.39, 0.29) is 23.0 Å². The average molecular weight is 329 g/mol. The van der Waals surface area contributed by atoms with Gasteiger partial charge in [-0.25, -0.2) is 13.4 Å². The molecule has 22 heavy (non-hydrogen) atoms. The number of hydrogen-bond acceptors (Lipinski definition) is 4. The van der Waals surface area contributed by atoms with Crippen LogP contribution in [0.3, 0.4) is 0 Å². The Morgan fingerprint density at radius 2 is 2.00 bits per heavy atom. The summed E-state index contributed by atoms with van der Waals surface area (Å²) in [4.78, 5) is 5.70. The van der Waals surface area contributed by atoms with Crippen molar-refractivity contribution in [3.8, 4) is 0 Å². The van der Waals surface area contributed by atoms with Gasteiger partial charge in [-0.15, -0.1) is 0 Å². The van der Waals surface area contributed by atoms with Crippen molar-refractivity contribution in [1.29, 1.82) is 0 Å². The van der Waals surface area contributed by atoms with Gasteiger partial charge in [-0.1, -0.05) is 19.1 Å². The number of aromatic nitrogens is 2. The standard InChI is InChI=1S/C14H17F2N3O2S/c1-3-22(20,21)12-7-5-4-6-11(12)18(2)10-13-17-8-9-19(13)14(15)16/h4-9,14H,3,10H2,1-2H3. The lowest BCUT2D eigenvalue weighted by molar-refractivity contribution is 0.0670. The number of alkyl halides is 2. The van der Waals surface area contributed by atoms with E-state index in [4.69, 9.17) is 0 Å². The summed E-state index contributed by atoms with van der Waals surface area (Å²) in [5.74, 6) is 0.143. The highest BCUT2D eigenvalue weighted by atomic mass is 32.2. The van der Waals surface area contributed by atoms with Crippen molar-refractivity contribution in [2.45, 2.75) is 24.9 Å². The predicted molar refractivity (Wildman–Crippen MR) is 79.8 cm³/mol. The highest BCUT2D eigenvalue weighted by Crippen LogP contribution is 2.26. The summed E-state index contributed by atoms with van der Waals surface area (Å²) in [6, 6.07) is 6.52. The monoisotopic (exact) mass is 329 g/mol. The highest BCUT2D eigenvalue weighted by molar-refractivity contribution is 7.91. The summed E-state index contributed by atoms with van der Waals surface area (Å²) in [5.41, 5.74) is 0.466. The van der Waals surface area contributed by atoms with E-state index in [0.29, 0.717) is 5.69 Å². The van der Waals surface area contributed by atoms with Crippen molar-refractivity contribution >= 4 is 15.5 Å². The average Bonchev–Trinajstić information content (AvgIpc) is 2.95. The third kappa shape index (κ3) is 3.27. The molecule has 0 radical (unpaired) electrons. The summed E-state index contributed by atoms with van der Waals surface area (Å²) < 4.78 is 50.7. The van der Waals surface area contributed by atoms with Crippen molar-refractivity contribution in [3.05, 3.63) is 42.5 Å². The molecule has 1 heterocycles. The normalized spacial score (nSPS) is 11.9. The van der Waals surface area contributed by atoms with Crippen molar-refractivity contribution in [1.82, 2.24) is 9.55 Å². The summed E-state index contributed by atoms with van der Waals surface area (Å²) in [6.07, 6.45) is 2.49. The molecule has 0 amide bonds. The first-order valence-electron chi connectivity index (χ1n) is 6.69. The van der Waals surface area contributed by atoms with Crippen LogP contribution < -0.4 is 4.90 Å². The van der Waals surface area contributed by atoms with E-state index in [9.17, 15) is 17.2 Å². The number of para-hydroxylation sites is 1. The molecule has 0 saturated carbocycles. The quantitative estimate of drug-likeness (QED) is 0.818. The van der Waals surface area contributed by atoms with E-state index >= 15 is 0 Å². The van der Waals surface area contributed by atoms with Gasteiger partial charge in [-0.2, -0.15) is 8.78 Å². The largest absolute Gasteiger partial charge is 0.366 e. The Labute approximate surface area is 128 Å². The molecule has 1 aromatic carbocycles. The number of halogens is 2. The van der Waals surface area contributed by atoms with Crippen molar-refractivity contribution in [2.24, 2.45) is 0 Å². The summed E-state index contributed by atoms with van der Waals surface area (Å²) >= 11 is 0. The molecule has 0 spiro atoms. The first-order chi connectivity index (χ1) is 10.4. The fraction of sp³-hybridized carbons (Fsp3) is 0.357. The van der Waals surface area contributed by atoms with E-state index in [2.05, 4.69) is 4.98 Å². The Morgan fingerprint density at radius 1 is 1.32 bits per heavy atom. The zero-order valence-corrected chi connectivity index (χ0v) is 13.1. The summed E-state index contributed by atoms with van der Waals surface area (Å²) in [7, 11) is -1.75. The van der Waals surface area contributed by atoms with E-state index in [0.717, 1.165) is 4.57 Å². The second-order valence-electron chi connectivity index (χ2n) is 4.76. The minimum Gasteiger partial charge on any atom is -0.366 e. The van der Waals surface area contributed by atoms with Crippen LogP contribution in [0.1, 0.15) is 19.3 Å². The van der Waals surface area contributed by atoms with Crippen LogP contribution in [0, 0.1) is 0 Å². The third-order valence-corrected chi connectivity index (χ3v) is 5.10.